The van der Waals surface area contributed by atoms with E-state index in [0.717, 1.165) is 0 Å². The number of hydrogen-bond acceptors (Lipinski definition) is 9. The zero-order valence-corrected chi connectivity index (χ0v) is 14.4. The lowest BCUT2D eigenvalue weighted by Crippen LogP contribution is -2.48. The minimum absolute atomic E-state index is 0.112. The van der Waals surface area contributed by atoms with Crippen LogP contribution in [0.4, 0.5) is 0 Å². The van der Waals surface area contributed by atoms with Crippen molar-refractivity contribution in [3.05, 3.63) is 0 Å². The summed E-state index contributed by atoms with van der Waals surface area (Å²) >= 11 is 0. The molecule has 0 spiro atoms. The Bertz CT molecular complexity index is 530. The number of nitrogens with two attached hydrogens (primary N) is 2. The number of rotatable bonds is 8. The van der Waals surface area contributed by atoms with Gasteiger partial charge in [-0.05, 0) is 0 Å². The average molecular weight is 375 g/mol. The van der Waals surface area contributed by atoms with Gasteiger partial charge in [0, 0.05) is 39.3 Å². The van der Waals surface area contributed by atoms with E-state index in [4.69, 9.17) is 16.7 Å². The summed E-state index contributed by atoms with van der Waals surface area (Å²) in [5, 5.41) is 18.4. The van der Waals surface area contributed by atoms with Gasteiger partial charge in [0.25, 0.3) is 0 Å². The minimum Gasteiger partial charge on any atom is -0.480 e. The first-order valence-electron chi connectivity index (χ1n) is 8.04. The van der Waals surface area contributed by atoms with Gasteiger partial charge in [-0.3, -0.25) is 29.1 Å². The Morgan fingerprint density at radius 1 is 0.923 bits per heavy atom. The number of carbonyl (C=O) groups excluding carboxylic acids is 2. The van der Waals surface area contributed by atoms with Crippen LogP contribution < -0.4 is 11.6 Å². The second kappa shape index (κ2) is 10.7. The van der Waals surface area contributed by atoms with Crippen molar-refractivity contribution in [2.45, 2.75) is 12.5 Å². The summed E-state index contributed by atoms with van der Waals surface area (Å²) in [6.45, 7) is 1.52. The van der Waals surface area contributed by atoms with Crippen LogP contribution in [0.5, 0.6) is 0 Å². The highest BCUT2D eigenvalue weighted by molar-refractivity contribution is 5.83. The molecular weight excluding hydrogens is 350 g/mol. The van der Waals surface area contributed by atoms with Crippen molar-refractivity contribution in [1.29, 1.82) is 0 Å². The van der Waals surface area contributed by atoms with Gasteiger partial charge in [-0.1, -0.05) is 0 Å². The summed E-state index contributed by atoms with van der Waals surface area (Å²) in [6.07, 6.45) is -0.362. The zero-order chi connectivity index (χ0) is 19.7. The van der Waals surface area contributed by atoms with E-state index < -0.39 is 29.9 Å². The molecule has 0 aromatic rings. The standard InChI is InChI=1S/C14H25N5O7/c15-11(20)7-10(14(24)25)19-5-3-17(8-12(21)22)1-2-18(4-6-19)9-13(23)26-16/h10H,1-9,16H2,(H2,15,20)(H,21,22)(H,24,25). The largest absolute Gasteiger partial charge is 0.480 e. The van der Waals surface area contributed by atoms with Gasteiger partial charge in [-0.15, -0.1) is 0 Å². The van der Waals surface area contributed by atoms with Crippen LogP contribution in [0.2, 0.25) is 0 Å². The predicted octanol–water partition coefficient (Wildman–Crippen LogP) is -3.26. The number of carboxylic acids is 2. The molecule has 1 fully saturated rings. The lowest BCUT2D eigenvalue weighted by atomic mass is 10.1. The van der Waals surface area contributed by atoms with Crippen molar-refractivity contribution in [3.8, 4) is 0 Å². The molecule has 0 aliphatic carbocycles. The summed E-state index contributed by atoms with van der Waals surface area (Å²) < 4.78 is 0. The second-order valence-electron chi connectivity index (χ2n) is 6.00. The van der Waals surface area contributed by atoms with Crippen LogP contribution in [0.1, 0.15) is 6.42 Å². The summed E-state index contributed by atoms with van der Waals surface area (Å²) in [6, 6.07) is -1.12. The molecule has 148 valence electrons. The van der Waals surface area contributed by atoms with Crippen LogP contribution in [-0.2, 0) is 24.0 Å². The highest BCUT2D eigenvalue weighted by atomic mass is 16.7. The molecule has 12 nitrogen and oxygen atoms in total. The zero-order valence-electron chi connectivity index (χ0n) is 14.4. The van der Waals surface area contributed by atoms with Crippen molar-refractivity contribution < 1.29 is 34.2 Å². The van der Waals surface area contributed by atoms with Crippen LogP contribution in [0.25, 0.3) is 0 Å². The highest BCUT2D eigenvalue weighted by Gasteiger charge is 2.29. The molecule has 0 aromatic heterocycles. The number of nitrogens with zero attached hydrogens (tertiary/aromatic N) is 3. The molecule has 26 heavy (non-hydrogen) atoms. The van der Waals surface area contributed by atoms with Crippen LogP contribution in [0.15, 0.2) is 0 Å². The number of carboxylic acid groups (broad SMARTS) is 2. The fraction of sp³-hybridized carbons (Fsp3) is 0.714. The van der Waals surface area contributed by atoms with E-state index >= 15 is 0 Å². The Morgan fingerprint density at radius 3 is 1.85 bits per heavy atom. The molecule has 1 aliphatic heterocycles. The minimum atomic E-state index is -1.19. The van der Waals surface area contributed by atoms with Gasteiger partial charge in [0.05, 0.1) is 19.5 Å². The van der Waals surface area contributed by atoms with Gasteiger partial charge in [0.2, 0.25) is 5.91 Å². The Labute approximate surface area is 150 Å². The normalized spacial score (nSPS) is 19.0. The van der Waals surface area contributed by atoms with Crippen LogP contribution >= 0.6 is 0 Å². The third kappa shape index (κ3) is 7.74. The second-order valence-corrected chi connectivity index (χ2v) is 6.00. The van der Waals surface area contributed by atoms with E-state index in [1.807, 2.05) is 0 Å². The molecule has 0 radical (unpaired) electrons. The number of aliphatic carboxylic acids is 2. The Kier molecular flexibility index (Phi) is 8.92. The summed E-state index contributed by atoms with van der Waals surface area (Å²) in [5.74, 6) is 1.23. The molecule has 1 aliphatic rings. The summed E-state index contributed by atoms with van der Waals surface area (Å²) in [4.78, 5) is 54.2. The number of amides is 1. The lowest BCUT2D eigenvalue weighted by molar-refractivity contribution is -0.147. The molecular formula is C14H25N5O7. The number of carbonyl (C=O) groups is 4. The molecule has 1 saturated heterocycles. The Hall–Kier alpha value is -2.28. The molecule has 1 unspecified atom stereocenters. The van der Waals surface area contributed by atoms with Gasteiger partial charge >= 0.3 is 17.9 Å². The van der Waals surface area contributed by atoms with Gasteiger partial charge in [-0.25, -0.2) is 4.79 Å². The van der Waals surface area contributed by atoms with E-state index in [1.165, 1.54) is 0 Å². The van der Waals surface area contributed by atoms with Gasteiger partial charge < -0.3 is 20.8 Å². The van der Waals surface area contributed by atoms with Gasteiger partial charge in [0.1, 0.15) is 6.04 Å². The number of hydrogen-bond donors (Lipinski definition) is 4. The van der Waals surface area contributed by atoms with Crippen molar-refractivity contribution in [2.24, 2.45) is 11.6 Å². The fourth-order valence-electron chi connectivity index (χ4n) is 2.76. The molecule has 12 heteroatoms. The van der Waals surface area contributed by atoms with E-state index in [1.54, 1.807) is 14.7 Å². The van der Waals surface area contributed by atoms with E-state index in [2.05, 4.69) is 4.84 Å². The smallest absolute Gasteiger partial charge is 0.338 e. The first kappa shape index (κ1) is 21.8. The molecule has 0 aromatic carbocycles. The van der Waals surface area contributed by atoms with Crippen LogP contribution in [0.3, 0.4) is 0 Å². The molecule has 0 bridgehead atoms. The van der Waals surface area contributed by atoms with Crippen LogP contribution in [-0.4, -0.2) is 107 Å². The fourth-order valence-corrected chi connectivity index (χ4v) is 2.76. The average Bonchev–Trinajstić information content (AvgIpc) is 2.64. The number of primary amides is 1. The maximum Gasteiger partial charge on any atom is 0.338 e. The van der Waals surface area contributed by atoms with E-state index in [9.17, 15) is 24.3 Å². The summed E-state index contributed by atoms with van der Waals surface area (Å²) in [5.41, 5.74) is 5.14. The first-order valence-corrected chi connectivity index (χ1v) is 8.04. The quantitative estimate of drug-likeness (QED) is 0.313. The molecule has 1 atom stereocenters. The van der Waals surface area contributed by atoms with Gasteiger partial charge in [0.15, 0.2) is 0 Å². The van der Waals surface area contributed by atoms with Crippen molar-refractivity contribution >= 4 is 23.8 Å². The monoisotopic (exact) mass is 375 g/mol. The van der Waals surface area contributed by atoms with Gasteiger partial charge in [-0.2, -0.15) is 5.90 Å². The third-order valence-corrected chi connectivity index (χ3v) is 4.10. The van der Waals surface area contributed by atoms with Crippen molar-refractivity contribution in [2.75, 3.05) is 52.4 Å². The molecule has 0 saturated carbocycles. The maximum absolute atomic E-state index is 11.5. The topological polar surface area (TPSA) is 180 Å². The molecule has 1 rings (SSSR count). The SMILES string of the molecule is NOC(=O)CN1CCN(CC(=O)O)CCN(C(CC(N)=O)C(=O)O)CC1. The van der Waals surface area contributed by atoms with Crippen LogP contribution in [0, 0.1) is 0 Å². The lowest BCUT2D eigenvalue weighted by Gasteiger charge is -2.29. The van der Waals surface area contributed by atoms with Crippen molar-refractivity contribution in [1.82, 2.24) is 14.7 Å². The summed E-state index contributed by atoms with van der Waals surface area (Å²) in [7, 11) is 0. The maximum atomic E-state index is 11.5. The Morgan fingerprint density at radius 2 is 1.42 bits per heavy atom. The first-order chi connectivity index (χ1) is 12.2. The molecule has 1 heterocycles. The molecule has 1 amide bonds. The third-order valence-electron chi connectivity index (χ3n) is 4.10. The highest BCUT2D eigenvalue weighted by Crippen LogP contribution is 2.08. The Balaban J connectivity index is 2.93. The predicted molar refractivity (Wildman–Crippen MR) is 87.6 cm³/mol. The van der Waals surface area contributed by atoms with E-state index in [-0.39, 0.29) is 32.6 Å². The van der Waals surface area contributed by atoms with E-state index in [0.29, 0.717) is 26.2 Å². The van der Waals surface area contributed by atoms with Crippen molar-refractivity contribution in [3.63, 3.8) is 0 Å². The molecule has 6 N–H and O–H groups in total.